The highest BCUT2D eigenvalue weighted by atomic mass is 28.1. The lowest BCUT2D eigenvalue weighted by Gasteiger charge is -2.32. The molecule has 4 heterocycles. The molecule has 2 aromatic heterocycles. The van der Waals surface area contributed by atoms with Crippen LogP contribution in [-0.4, -0.2) is 30.9 Å². The van der Waals surface area contributed by atoms with Crippen molar-refractivity contribution >= 4 is 27.1 Å². The molecule has 5 rings (SSSR count). The van der Waals surface area contributed by atoms with Gasteiger partial charge in [0.1, 0.15) is 6.61 Å². The summed E-state index contributed by atoms with van der Waals surface area (Å²) in [5, 5.41) is 11.9. The Bertz CT molecular complexity index is 1200. The van der Waals surface area contributed by atoms with E-state index in [0.717, 1.165) is 16.5 Å². The van der Waals surface area contributed by atoms with Crippen LogP contribution in [0.25, 0.3) is 22.3 Å². The van der Waals surface area contributed by atoms with Gasteiger partial charge in [-0.3, -0.25) is 4.79 Å². The van der Waals surface area contributed by atoms with Gasteiger partial charge in [0.15, 0.2) is 5.60 Å². The van der Waals surface area contributed by atoms with E-state index in [1.54, 1.807) is 17.6 Å². The number of fused-ring (bicyclic) bond motifs is 5. The fourth-order valence-corrected chi connectivity index (χ4v) is 4.47. The molecule has 0 saturated carbocycles. The number of aromatic nitrogens is 2. The first kappa shape index (κ1) is 16.4. The number of benzene rings is 1. The van der Waals surface area contributed by atoms with E-state index in [-0.39, 0.29) is 24.3 Å². The molecule has 2 atom stereocenters. The van der Waals surface area contributed by atoms with Crippen molar-refractivity contribution in [1.82, 2.24) is 9.55 Å². The maximum absolute atomic E-state index is 13.2. The molecule has 3 aromatic rings. The van der Waals surface area contributed by atoms with Crippen LogP contribution in [0.4, 0.5) is 0 Å². The van der Waals surface area contributed by atoms with E-state index in [1.807, 2.05) is 30.3 Å². The smallest absolute Gasteiger partial charge is 0.343 e. The summed E-state index contributed by atoms with van der Waals surface area (Å²) in [6.45, 7) is 1.55. The first-order valence-corrected chi connectivity index (χ1v) is 9.33. The second kappa shape index (κ2) is 5.37. The van der Waals surface area contributed by atoms with Crippen molar-refractivity contribution in [3.63, 3.8) is 0 Å². The third kappa shape index (κ3) is 2.01. The Balaban J connectivity index is 1.85. The number of carbonyl (C=O) groups excluding carboxylic acids is 1. The highest BCUT2D eigenvalue weighted by Crippen LogP contribution is 2.41. The van der Waals surface area contributed by atoms with E-state index in [0.29, 0.717) is 22.5 Å². The van der Waals surface area contributed by atoms with Crippen LogP contribution >= 0.6 is 0 Å². The SMILES string of the molecule is CC[C@@]1(O)C(=O)OCc2c1cc1n(c2=O)C([Si])c2cc3ccccc3nc2-1. The highest BCUT2D eigenvalue weighted by molar-refractivity contribution is 6.14. The van der Waals surface area contributed by atoms with Gasteiger partial charge in [-0.25, -0.2) is 9.78 Å². The maximum Gasteiger partial charge on any atom is 0.343 e. The number of hydrogen-bond acceptors (Lipinski definition) is 5. The summed E-state index contributed by atoms with van der Waals surface area (Å²) in [5.41, 5.74) is 1.09. The third-order valence-corrected chi connectivity index (χ3v) is 6.10. The average Bonchev–Trinajstić information content (AvgIpc) is 2.95. The lowest BCUT2D eigenvalue weighted by molar-refractivity contribution is -0.172. The van der Waals surface area contributed by atoms with E-state index in [4.69, 9.17) is 9.72 Å². The summed E-state index contributed by atoms with van der Waals surface area (Å²) in [6, 6.07) is 11.5. The fraction of sp³-hybridized carbons (Fsp3) is 0.250. The second-order valence-electron chi connectivity index (χ2n) is 6.91. The van der Waals surface area contributed by atoms with Crippen molar-refractivity contribution in [1.29, 1.82) is 0 Å². The predicted molar refractivity (Wildman–Crippen MR) is 99.3 cm³/mol. The standard InChI is InChI=1S/C20H15N2O4Si/c1-2-20(25)13-8-15-16-11(7-10-5-3-4-6-14(10)21-16)18(27)22(15)17(23)12(13)9-26-19(20)24/h3-8,18,25H,2,9H2,1H3/t18?,20-/m0/s1. The number of para-hydroxylation sites is 1. The second-order valence-corrected chi connectivity index (χ2v) is 7.46. The van der Waals surface area contributed by atoms with Crippen molar-refractivity contribution < 1.29 is 14.6 Å². The van der Waals surface area contributed by atoms with Gasteiger partial charge in [-0.15, -0.1) is 0 Å². The number of cyclic esters (lactones) is 1. The van der Waals surface area contributed by atoms with E-state index >= 15 is 0 Å². The first-order valence-electron chi connectivity index (χ1n) is 8.75. The van der Waals surface area contributed by atoms with Crippen molar-refractivity contribution in [2.75, 3.05) is 0 Å². The summed E-state index contributed by atoms with van der Waals surface area (Å²) in [7, 11) is 3.67. The minimum Gasteiger partial charge on any atom is -0.458 e. The number of carbonyl (C=O) groups is 1. The van der Waals surface area contributed by atoms with Gasteiger partial charge in [-0.05, 0) is 30.2 Å². The fourth-order valence-electron chi connectivity index (χ4n) is 4.00. The molecule has 0 amide bonds. The molecule has 0 fully saturated rings. The Morgan fingerprint density at radius 1 is 1.33 bits per heavy atom. The zero-order chi connectivity index (χ0) is 18.9. The van der Waals surface area contributed by atoms with E-state index in [1.165, 1.54) is 0 Å². The molecule has 0 saturated heterocycles. The van der Waals surface area contributed by atoms with E-state index in [9.17, 15) is 14.7 Å². The monoisotopic (exact) mass is 375 g/mol. The zero-order valence-corrected chi connectivity index (χ0v) is 15.5. The molecular formula is C20H15N2O4Si. The Kier molecular flexibility index (Phi) is 3.26. The number of hydrogen-bond donors (Lipinski definition) is 1. The molecule has 7 heteroatoms. The van der Waals surface area contributed by atoms with Crippen LogP contribution in [0, 0.1) is 0 Å². The minimum atomic E-state index is -1.82. The third-order valence-electron chi connectivity index (χ3n) is 5.53. The first-order chi connectivity index (χ1) is 13.0. The molecule has 2 aliphatic heterocycles. The molecule has 0 aliphatic carbocycles. The topological polar surface area (TPSA) is 81.4 Å². The summed E-state index contributed by atoms with van der Waals surface area (Å²) in [4.78, 5) is 30.1. The Morgan fingerprint density at radius 3 is 2.89 bits per heavy atom. The van der Waals surface area contributed by atoms with Gasteiger partial charge in [0.25, 0.3) is 5.56 Å². The summed E-state index contributed by atoms with van der Waals surface area (Å²) < 4.78 is 6.69. The summed E-state index contributed by atoms with van der Waals surface area (Å²) in [6.07, 6.45) is 0.122. The molecule has 133 valence electrons. The van der Waals surface area contributed by atoms with Gasteiger partial charge in [-0.1, -0.05) is 25.1 Å². The van der Waals surface area contributed by atoms with Crippen LogP contribution in [0.15, 0.2) is 41.2 Å². The van der Waals surface area contributed by atoms with Crippen molar-refractivity contribution in [3.8, 4) is 11.4 Å². The Labute approximate surface area is 157 Å². The molecule has 1 aromatic carbocycles. The normalized spacial score (nSPS) is 22.9. The highest BCUT2D eigenvalue weighted by Gasteiger charge is 2.45. The Morgan fingerprint density at radius 2 is 2.11 bits per heavy atom. The predicted octanol–water partition coefficient (Wildman–Crippen LogP) is 1.75. The number of rotatable bonds is 1. The van der Waals surface area contributed by atoms with Crippen LogP contribution in [-0.2, 0) is 21.7 Å². The van der Waals surface area contributed by atoms with Gasteiger partial charge < -0.3 is 14.4 Å². The van der Waals surface area contributed by atoms with Crippen molar-refractivity contribution in [3.05, 3.63) is 63.4 Å². The van der Waals surface area contributed by atoms with E-state index in [2.05, 4.69) is 10.2 Å². The molecular weight excluding hydrogens is 360 g/mol. The van der Waals surface area contributed by atoms with Crippen LogP contribution < -0.4 is 5.56 Å². The average molecular weight is 375 g/mol. The van der Waals surface area contributed by atoms with Gasteiger partial charge in [0, 0.05) is 16.6 Å². The Hall–Kier alpha value is -2.77. The van der Waals surface area contributed by atoms with Gasteiger partial charge >= 0.3 is 5.97 Å². The molecule has 0 spiro atoms. The van der Waals surface area contributed by atoms with Crippen LogP contribution in [0.1, 0.15) is 35.7 Å². The largest absolute Gasteiger partial charge is 0.458 e. The summed E-state index contributed by atoms with van der Waals surface area (Å²) in [5.74, 6) is -0.721. The molecule has 3 radical (unpaired) electrons. The quantitative estimate of drug-likeness (QED) is 0.518. The van der Waals surface area contributed by atoms with Crippen LogP contribution in [0.3, 0.4) is 0 Å². The van der Waals surface area contributed by atoms with Crippen molar-refractivity contribution in [2.45, 2.75) is 31.2 Å². The number of pyridine rings is 2. The number of nitrogens with zero attached hydrogens (tertiary/aromatic N) is 2. The number of ether oxygens (including phenoxy) is 1. The van der Waals surface area contributed by atoms with Crippen molar-refractivity contribution in [2.24, 2.45) is 0 Å². The molecule has 27 heavy (non-hydrogen) atoms. The summed E-state index contributed by atoms with van der Waals surface area (Å²) >= 11 is 0. The lowest BCUT2D eigenvalue weighted by atomic mass is 9.86. The van der Waals surface area contributed by atoms with E-state index < -0.39 is 11.6 Å². The van der Waals surface area contributed by atoms with Gasteiger partial charge in [0.05, 0.1) is 32.7 Å². The zero-order valence-electron chi connectivity index (χ0n) is 14.5. The molecule has 0 bridgehead atoms. The van der Waals surface area contributed by atoms with Crippen LogP contribution in [0.5, 0.6) is 0 Å². The lowest BCUT2D eigenvalue weighted by Crippen LogP contribution is -2.44. The number of aliphatic hydroxyl groups is 1. The molecule has 1 unspecified atom stereocenters. The van der Waals surface area contributed by atoms with Gasteiger partial charge in [-0.2, -0.15) is 0 Å². The molecule has 1 N–H and O–H groups in total. The number of esters is 1. The molecule has 2 aliphatic rings. The maximum atomic E-state index is 13.2. The molecule has 6 nitrogen and oxygen atoms in total. The van der Waals surface area contributed by atoms with Gasteiger partial charge in [0.2, 0.25) is 0 Å². The van der Waals surface area contributed by atoms with Crippen LogP contribution in [0.2, 0.25) is 0 Å². The minimum absolute atomic E-state index is 0.122.